The van der Waals surface area contributed by atoms with Gasteiger partial charge in [-0.05, 0) is 36.9 Å². The summed E-state index contributed by atoms with van der Waals surface area (Å²) in [5.41, 5.74) is 2.90. The Bertz CT molecular complexity index is 444. The molecule has 1 atom stereocenters. The highest BCUT2D eigenvalue weighted by Crippen LogP contribution is 2.23. The fraction of sp³-hybridized carbons (Fsp3) is 0.333. The lowest BCUT2D eigenvalue weighted by molar-refractivity contribution is 0.244. The number of benzene rings is 2. The van der Waals surface area contributed by atoms with E-state index in [-0.39, 0.29) is 0 Å². The molecular formula is C18H21N. The van der Waals surface area contributed by atoms with Gasteiger partial charge < -0.3 is 0 Å². The third kappa shape index (κ3) is 3.24. The lowest BCUT2D eigenvalue weighted by Gasteiger charge is -2.24. The van der Waals surface area contributed by atoms with Gasteiger partial charge in [0.1, 0.15) is 0 Å². The van der Waals surface area contributed by atoms with Crippen LogP contribution in [0.3, 0.4) is 0 Å². The minimum atomic E-state index is 0.711. The first-order chi connectivity index (χ1) is 9.42. The second kappa shape index (κ2) is 6.03. The van der Waals surface area contributed by atoms with Crippen LogP contribution < -0.4 is 0 Å². The molecule has 0 aromatic heterocycles. The van der Waals surface area contributed by atoms with Crippen molar-refractivity contribution in [2.24, 2.45) is 0 Å². The van der Waals surface area contributed by atoms with Crippen LogP contribution >= 0.6 is 0 Å². The van der Waals surface area contributed by atoms with Gasteiger partial charge in [0.05, 0.1) is 0 Å². The van der Waals surface area contributed by atoms with Crippen LogP contribution in [0.25, 0.3) is 0 Å². The van der Waals surface area contributed by atoms with Crippen LogP contribution in [0.5, 0.6) is 0 Å². The third-order valence-electron chi connectivity index (χ3n) is 4.04. The summed E-state index contributed by atoms with van der Waals surface area (Å²) in [5, 5.41) is 0. The van der Waals surface area contributed by atoms with Crippen molar-refractivity contribution in [2.75, 3.05) is 6.54 Å². The van der Waals surface area contributed by atoms with Gasteiger partial charge in [-0.25, -0.2) is 0 Å². The number of nitrogens with zero attached hydrogens (tertiary/aromatic N) is 1. The quantitative estimate of drug-likeness (QED) is 0.796. The summed E-state index contributed by atoms with van der Waals surface area (Å²) in [5.74, 6) is 0. The van der Waals surface area contributed by atoms with Crippen molar-refractivity contribution in [1.82, 2.24) is 4.90 Å². The summed E-state index contributed by atoms with van der Waals surface area (Å²) in [6, 6.07) is 22.4. The largest absolute Gasteiger partial charge is 0.296 e. The van der Waals surface area contributed by atoms with Crippen molar-refractivity contribution in [2.45, 2.75) is 31.8 Å². The topological polar surface area (TPSA) is 3.24 Å². The van der Waals surface area contributed by atoms with Gasteiger partial charge in [0.15, 0.2) is 0 Å². The van der Waals surface area contributed by atoms with Gasteiger partial charge in [0.2, 0.25) is 0 Å². The Labute approximate surface area is 115 Å². The van der Waals surface area contributed by atoms with E-state index >= 15 is 0 Å². The molecule has 1 saturated heterocycles. The molecule has 0 radical (unpaired) electrons. The molecule has 0 saturated carbocycles. The van der Waals surface area contributed by atoms with Crippen molar-refractivity contribution >= 4 is 0 Å². The highest BCUT2D eigenvalue weighted by molar-refractivity contribution is 5.18. The molecule has 0 spiro atoms. The molecule has 1 aliphatic rings. The molecule has 1 heterocycles. The van der Waals surface area contributed by atoms with Gasteiger partial charge in [-0.1, -0.05) is 60.7 Å². The van der Waals surface area contributed by atoms with Gasteiger partial charge in [-0.2, -0.15) is 0 Å². The Morgan fingerprint density at radius 2 is 1.47 bits per heavy atom. The normalized spacial score (nSPS) is 19.7. The second-order valence-electron chi connectivity index (χ2n) is 5.44. The van der Waals surface area contributed by atoms with Gasteiger partial charge in [-0.15, -0.1) is 0 Å². The summed E-state index contributed by atoms with van der Waals surface area (Å²) in [7, 11) is 0. The van der Waals surface area contributed by atoms with Crippen LogP contribution in [0.15, 0.2) is 60.7 Å². The van der Waals surface area contributed by atoms with Crippen LogP contribution in [-0.4, -0.2) is 17.5 Å². The van der Waals surface area contributed by atoms with E-state index in [0.717, 1.165) is 6.54 Å². The third-order valence-corrected chi connectivity index (χ3v) is 4.04. The maximum Gasteiger partial charge on any atom is 0.0236 e. The Hall–Kier alpha value is -1.60. The number of hydrogen-bond donors (Lipinski definition) is 0. The van der Waals surface area contributed by atoms with E-state index in [1.54, 1.807) is 0 Å². The molecule has 2 aromatic rings. The standard InChI is InChI=1S/C18H21N/c1-3-8-16(9-4-1)14-18-12-7-13-19(18)15-17-10-5-2-6-11-17/h1-6,8-11,18H,7,12-15H2. The lowest BCUT2D eigenvalue weighted by Crippen LogP contribution is -2.30. The minimum Gasteiger partial charge on any atom is -0.296 e. The molecule has 1 fully saturated rings. The predicted octanol–water partition coefficient (Wildman–Crippen LogP) is 3.89. The van der Waals surface area contributed by atoms with E-state index in [1.165, 1.54) is 36.9 Å². The Balaban J connectivity index is 1.65. The average molecular weight is 251 g/mol. The first-order valence-electron chi connectivity index (χ1n) is 7.24. The molecule has 1 aliphatic heterocycles. The second-order valence-corrected chi connectivity index (χ2v) is 5.44. The smallest absolute Gasteiger partial charge is 0.0236 e. The van der Waals surface area contributed by atoms with E-state index in [2.05, 4.69) is 65.6 Å². The first-order valence-corrected chi connectivity index (χ1v) is 7.24. The SMILES string of the molecule is c1ccc(CC2CCCN2Cc2ccccc2)cc1. The van der Waals surface area contributed by atoms with Gasteiger partial charge in [0, 0.05) is 12.6 Å². The monoisotopic (exact) mass is 251 g/mol. The number of hydrogen-bond acceptors (Lipinski definition) is 1. The molecule has 3 rings (SSSR count). The lowest BCUT2D eigenvalue weighted by atomic mass is 10.0. The van der Waals surface area contributed by atoms with E-state index < -0.39 is 0 Å². The number of likely N-dealkylation sites (tertiary alicyclic amines) is 1. The average Bonchev–Trinajstić information content (AvgIpc) is 2.88. The molecule has 1 unspecified atom stereocenters. The molecule has 0 aliphatic carbocycles. The maximum atomic E-state index is 2.64. The molecule has 0 N–H and O–H groups in total. The van der Waals surface area contributed by atoms with Crippen molar-refractivity contribution in [3.05, 3.63) is 71.8 Å². The maximum absolute atomic E-state index is 2.64. The Morgan fingerprint density at radius 1 is 0.842 bits per heavy atom. The summed E-state index contributed by atoms with van der Waals surface area (Å²) in [6.45, 7) is 2.34. The molecular weight excluding hydrogens is 230 g/mol. The molecule has 19 heavy (non-hydrogen) atoms. The first kappa shape index (κ1) is 12.4. The van der Waals surface area contributed by atoms with Crippen molar-refractivity contribution in [3.8, 4) is 0 Å². The van der Waals surface area contributed by atoms with Gasteiger partial charge in [-0.3, -0.25) is 4.90 Å². The van der Waals surface area contributed by atoms with Crippen LogP contribution in [0, 0.1) is 0 Å². The fourth-order valence-electron chi connectivity index (χ4n) is 3.04. The van der Waals surface area contributed by atoms with E-state index in [0.29, 0.717) is 6.04 Å². The zero-order chi connectivity index (χ0) is 12.9. The summed E-state index contributed by atoms with van der Waals surface area (Å²) >= 11 is 0. The highest BCUT2D eigenvalue weighted by Gasteiger charge is 2.24. The molecule has 2 aromatic carbocycles. The number of rotatable bonds is 4. The molecule has 0 bridgehead atoms. The van der Waals surface area contributed by atoms with Crippen molar-refractivity contribution in [3.63, 3.8) is 0 Å². The molecule has 1 heteroatoms. The highest BCUT2D eigenvalue weighted by atomic mass is 15.2. The summed E-state index contributed by atoms with van der Waals surface area (Å²) in [4.78, 5) is 2.64. The van der Waals surface area contributed by atoms with Crippen LogP contribution in [0.4, 0.5) is 0 Å². The zero-order valence-electron chi connectivity index (χ0n) is 11.3. The predicted molar refractivity (Wildman–Crippen MR) is 80.0 cm³/mol. The molecule has 1 nitrogen and oxygen atoms in total. The molecule has 98 valence electrons. The van der Waals surface area contributed by atoms with E-state index in [4.69, 9.17) is 0 Å². The summed E-state index contributed by atoms with van der Waals surface area (Å²) in [6.07, 6.45) is 3.86. The summed E-state index contributed by atoms with van der Waals surface area (Å²) < 4.78 is 0. The van der Waals surface area contributed by atoms with Gasteiger partial charge >= 0.3 is 0 Å². The van der Waals surface area contributed by atoms with Crippen LogP contribution in [0.1, 0.15) is 24.0 Å². The van der Waals surface area contributed by atoms with E-state index in [1.807, 2.05) is 0 Å². The van der Waals surface area contributed by atoms with E-state index in [9.17, 15) is 0 Å². The van der Waals surface area contributed by atoms with Crippen LogP contribution in [0.2, 0.25) is 0 Å². The Kier molecular flexibility index (Phi) is 3.95. The molecule has 0 amide bonds. The van der Waals surface area contributed by atoms with Gasteiger partial charge in [0.25, 0.3) is 0 Å². The zero-order valence-corrected chi connectivity index (χ0v) is 11.3. The minimum absolute atomic E-state index is 0.711. The Morgan fingerprint density at radius 3 is 2.16 bits per heavy atom. The fourth-order valence-corrected chi connectivity index (χ4v) is 3.04. The van der Waals surface area contributed by atoms with Crippen LogP contribution in [-0.2, 0) is 13.0 Å². The van der Waals surface area contributed by atoms with Crippen molar-refractivity contribution in [1.29, 1.82) is 0 Å². The van der Waals surface area contributed by atoms with Crippen molar-refractivity contribution < 1.29 is 0 Å².